The van der Waals surface area contributed by atoms with Crippen LogP contribution in [0.4, 0.5) is 0 Å². The fourth-order valence-corrected chi connectivity index (χ4v) is 8.32. The van der Waals surface area contributed by atoms with Gasteiger partial charge in [0.15, 0.2) is 0 Å². The van der Waals surface area contributed by atoms with E-state index in [9.17, 15) is 0 Å². The first-order chi connectivity index (χ1) is 11.8. The van der Waals surface area contributed by atoms with Gasteiger partial charge in [-0.05, 0) is 53.8 Å². The zero-order valence-electron chi connectivity index (χ0n) is 16.0. The van der Waals surface area contributed by atoms with Crippen LogP contribution < -0.4 is 5.30 Å². The molecule has 1 aromatic carbocycles. The molecule has 146 valence electrons. The summed E-state index contributed by atoms with van der Waals surface area (Å²) < 4.78 is 0. The van der Waals surface area contributed by atoms with Gasteiger partial charge in [-0.3, -0.25) is 6.38 Å². The van der Waals surface area contributed by atoms with Crippen molar-refractivity contribution in [3.63, 3.8) is 0 Å². The van der Waals surface area contributed by atoms with E-state index in [0.717, 1.165) is 11.3 Å². The van der Waals surface area contributed by atoms with Gasteiger partial charge in [-0.2, -0.15) is 0 Å². The van der Waals surface area contributed by atoms with Gasteiger partial charge in [0.25, 0.3) is 0 Å². The molecule has 0 atom stereocenters. The number of hydrogen-bond donors (Lipinski definition) is 0. The summed E-state index contributed by atoms with van der Waals surface area (Å²) in [6.45, 7) is 4.67. The molecule has 0 amide bonds. The first kappa shape index (κ1) is 23.6. The van der Waals surface area contributed by atoms with E-state index in [1.807, 2.05) is 0 Å². The molecule has 2 aliphatic rings. The molecule has 2 fully saturated rings. The molecule has 1 aromatic rings. The Bertz CT molecular complexity index is 447. The van der Waals surface area contributed by atoms with Gasteiger partial charge in [-0.15, -0.1) is 0 Å². The smallest absolute Gasteiger partial charge is 0 e. The van der Waals surface area contributed by atoms with Gasteiger partial charge in [0.1, 0.15) is 0 Å². The predicted molar refractivity (Wildman–Crippen MR) is 112 cm³/mol. The van der Waals surface area contributed by atoms with Crippen molar-refractivity contribution in [1.82, 2.24) is 0 Å². The van der Waals surface area contributed by atoms with E-state index in [2.05, 4.69) is 56.1 Å². The van der Waals surface area contributed by atoms with Crippen LogP contribution in [-0.4, -0.2) is 11.3 Å². The third-order valence-electron chi connectivity index (χ3n) is 5.77. The standard InChI is InChI=1S/C21H33P.CH2Cl.Pd/c1-17(2)18-10-9-15-21(16-18)22(19-11-5-3-6-12-19)20-13-7-4-8-14-20;1-2;/h9-10,15-17,19-20H,3-8,11-14H2,1-2H3;1H2;/q;-1;. The average molecular weight is 472 g/mol. The third-order valence-corrected chi connectivity index (χ3v) is 9.25. The van der Waals surface area contributed by atoms with Crippen LogP contribution >= 0.6 is 19.5 Å². The van der Waals surface area contributed by atoms with Gasteiger partial charge >= 0.3 is 0 Å². The quantitative estimate of drug-likeness (QED) is 0.241. The second-order valence-electron chi connectivity index (χ2n) is 7.74. The molecule has 3 heteroatoms. The van der Waals surface area contributed by atoms with Crippen LogP contribution in [0.15, 0.2) is 24.3 Å². The van der Waals surface area contributed by atoms with Crippen molar-refractivity contribution in [2.45, 2.75) is 95.3 Å². The monoisotopic (exact) mass is 471 g/mol. The number of rotatable bonds is 4. The molecule has 0 unspecified atom stereocenters. The fraction of sp³-hybridized carbons (Fsp3) is 0.682. The normalized spacial score (nSPS) is 19.3. The summed E-state index contributed by atoms with van der Waals surface area (Å²) >= 11 is 4.39. The van der Waals surface area contributed by atoms with Crippen LogP contribution in [0.3, 0.4) is 0 Å². The molecule has 2 saturated carbocycles. The Morgan fingerprint density at radius 3 is 1.80 bits per heavy atom. The van der Waals surface area contributed by atoms with Crippen LogP contribution in [0.25, 0.3) is 0 Å². The second kappa shape index (κ2) is 12.9. The van der Waals surface area contributed by atoms with Gasteiger partial charge in [-0.1, -0.05) is 84.6 Å². The van der Waals surface area contributed by atoms with E-state index in [1.165, 1.54) is 64.2 Å². The minimum absolute atomic E-state index is 0. The molecule has 0 N–H and O–H groups in total. The van der Waals surface area contributed by atoms with Crippen molar-refractivity contribution < 1.29 is 20.4 Å². The maximum Gasteiger partial charge on any atom is 0 e. The van der Waals surface area contributed by atoms with Gasteiger partial charge in [0.05, 0.1) is 0 Å². The van der Waals surface area contributed by atoms with E-state index < -0.39 is 0 Å². The maximum atomic E-state index is 4.39. The molecule has 0 aromatic heterocycles. The van der Waals surface area contributed by atoms with Crippen molar-refractivity contribution in [3.8, 4) is 0 Å². The molecule has 0 bridgehead atoms. The van der Waals surface area contributed by atoms with E-state index in [1.54, 1.807) is 10.9 Å². The summed E-state index contributed by atoms with van der Waals surface area (Å²) in [6.07, 6.45) is 17.7. The molecule has 2 aliphatic carbocycles. The summed E-state index contributed by atoms with van der Waals surface area (Å²) in [5.74, 6) is 0.662. The van der Waals surface area contributed by atoms with Crippen LogP contribution in [0, 0.1) is 6.38 Å². The van der Waals surface area contributed by atoms with E-state index in [-0.39, 0.29) is 28.3 Å². The third kappa shape index (κ3) is 6.92. The molecule has 0 saturated heterocycles. The van der Waals surface area contributed by atoms with Crippen molar-refractivity contribution in [1.29, 1.82) is 0 Å². The van der Waals surface area contributed by atoms with Crippen LogP contribution in [0.2, 0.25) is 0 Å². The molecule has 0 radical (unpaired) electrons. The minimum Gasteiger partial charge on any atom is -0.352 e. The molecular formula is C22H35ClPPd-. The Morgan fingerprint density at radius 1 is 0.880 bits per heavy atom. The molecule has 0 nitrogen and oxygen atoms in total. The van der Waals surface area contributed by atoms with Gasteiger partial charge in [0, 0.05) is 20.4 Å². The molecule has 0 heterocycles. The van der Waals surface area contributed by atoms with Crippen molar-refractivity contribution in [3.05, 3.63) is 36.2 Å². The SMILES string of the molecule is CC(C)c1cccc(P(C2CCCCC2)C2CCCCC2)c1.[CH2-]Cl.[Pd]. The predicted octanol–water partition coefficient (Wildman–Crippen LogP) is 7.60. The molecule has 0 aliphatic heterocycles. The number of hydrogen-bond acceptors (Lipinski definition) is 0. The Morgan fingerprint density at radius 2 is 1.36 bits per heavy atom. The zero-order chi connectivity index (χ0) is 17.4. The average Bonchev–Trinajstić information content (AvgIpc) is 2.66. The van der Waals surface area contributed by atoms with Crippen LogP contribution in [0.1, 0.15) is 89.5 Å². The van der Waals surface area contributed by atoms with Crippen molar-refractivity contribution in [2.75, 3.05) is 0 Å². The maximum absolute atomic E-state index is 4.39. The minimum atomic E-state index is 0. The Hall–Kier alpha value is 0.602. The summed E-state index contributed by atoms with van der Waals surface area (Å²) in [4.78, 5) is 0. The van der Waals surface area contributed by atoms with Crippen molar-refractivity contribution in [2.24, 2.45) is 0 Å². The first-order valence-electron chi connectivity index (χ1n) is 9.91. The Balaban J connectivity index is 0.00000101. The molecular weight excluding hydrogens is 437 g/mol. The summed E-state index contributed by atoms with van der Waals surface area (Å²) in [5.41, 5.74) is 3.60. The van der Waals surface area contributed by atoms with Crippen molar-refractivity contribution >= 4 is 24.8 Å². The largest absolute Gasteiger partial charge is 0.352 e. The van der Waals surface area contributed by atoms with Crippen LogP contribution in [-0.2, 0) is 20.4 Å². The second-order valence-corrected chi connectivity index (χ2v) is 10.5. The Kier molecular flexibility index (Phi) is 12.2. The number of halogens is 1. The molecule has 0 spiro atoms. The summed E-state index contributed by atoms with van der Waals surface area (Å²) in [7, 11) is 0.0669. The van der Waals surface area contributed by atoms with Gasteiger partial charge < -0.3 is 11.6 Å². The molecule has 3 rings (SSSR count). The van der Waals surface area contributed by atoms with E-state index >= 15 is 0 Å². The van der Waals surface area contributed by atoms with E-state index in [0.29, 0.717) is 5.92 Å². The Labute approximate surface area is 176 Å². The van der Waals surface area contributed by atoms with Crippen LogP contribution in [0.5, 0.6) is 0 Å². The van der Waals surface area contributed by atoms with Gasteiger partial charge in [0.2, 0.25) is 0 Å². The zero-order valence-corrected chi connectivity index (χ0v) is 19.2. The topological polar surface area (TPSA) is 0 Å². The van der Waals surface area contributed by atoms with E-state index in [4.69, 9.17) is 0 Å². The first-order valence-corrected chi connectivity index (χ1v) is 11.9. The summed E-state index contributed by atoms with van der Waals surface area (Å²) in [6, 6.07) is 9.73. The molecule has 25 heavy (non-hydrogen) atoms. The number of benzene rings is 1. The summed E-state index contributed by atoms with van der Waals surface area (Å²) in [5, 5.41) is 1.74. The van der Waals surface area contributed by atoms with Gasteiger partial charge in [-0.25, -0.2) is 0 Å². The fourth-order valence-electron chi connectivity index (χ4n) is 4.48.